The topological polar surface area (TPSA) is 131 Å². The Morgan fingerprint density at radius 2 is 1.62 bits per heavy atom. The van der Waals surface area contributed by atoms with Gasteiger partial charge in [0.05, 0.1) is 17.8 Å². The Hall–Kier alpha value is -3.60. The third-order valence-electron chi connectivity index (χ3n) is 6.20. The number of rotatable bonds is 3. The van der Waals surface area contributed by atoms with Gasteiger partial charge in [-0.1, -0.05) is 0 Å². The molecule has 3 N–H and O–H groups in total. The van der Waals surface area contributed by atoms with Crippen LogP contribution in [0.25, 0.3) is 0 Å². The molecule has 1 aromatic carbocycles. The average molecular weight is 442 g/mol. The van der Waals surface area contributed by atoms with Crippen molar-refractivity contribution in [3.8, 4) is 0 Å². The first-order valence-corrected chi connectivity index (χ1v) is 10.3. The summed E-state index contributed by atoms with van der Waals surface area (Å²) in [6.45, 7) is 6.97. The van der Waals surface area contributed by atoms with Crippen molar-refractivity contribution in [2.75, 3.05) is 43.4 Å². The van der Waals surface area contributed by atoms with Gasteiger partial charge in [-0.2, -0.15) is 5.10 Å². The molecule has 0 atom stereocenters. The number of nitrogens with one attached hydrogen (secondary N) is 1. The summed E-state index contributed by atoms with van der Waals surface area (Å²) in [5.74, 6) is -0.524. The number of amides is 2. The maximum atomic E-state index is 12.9. The van der Waals surface area contributed by atoms with E-state index in [2.05, 4.69) is 27.3 Å². The average Bonchev–Trinajstić information content (AvgIpc) is 3.23. The van der Waals surface area contributed by atoms with Gasteiger partial charge >= 0.3 is 12.2 Å². The van der Waals surface area contributed by atoms with Crippen LogP contribution >= 0.6 is 0 Å². The summed E-state index contributed by atoms with van der Waals surface area (Å²) in [4.78, 5) is 41.9. The molecule has 1 fully saturated rings. The second kappa shape index (κ2) is 7.83. The number of aromatic nitrogens is 2. The highest BCUT2D eigenvalue weighted by atomic mass is 16.4. The fourth-order valence-corrected chi connectivity index (χ4v) is 4.22. The highest BCUT2D eigenvalue weighted by Gasteiger charge is 2.46. The van der Waals surface area contributed by atoms with Gasteiger partial charge in [-0.3, -0.25) is 9.69 Å². The SMILES string of the molecule is CN1CCN(c2ccc(C(=O)Nc3c4c(nn3C(=O)O)C(C)(C)N(C(=O)O)C4)cc2)CC1. The molecular weight excluding hydrogens is 416 g/mol. The maximum absolute atomic E-state index is 12.9. The third kappa shape index (κ3) is 3.64. The van der Waals surface area contributed by atoms with Gasteiger partial charge in [-0.25, -0.2) is 9.59 Å². The van der Waals surface area contributed by atoms with Gasteiger partial charge in [-0.15, -0.1) is 4.68 Å². The van der Waals surface area contributed by atoms with Gasteiger partial charge in [0.15, 0.2) is 0 Å². The molecule has 11 heteroatoms. The van der Waals surface area contributed by atoms with Gasteiger partial charge in [0.2, 0.25) is 0 Å². The van der Waals surface area contributed by atoms with E-state index < -0.39 is 23.6 Å². The predicted octanol–water partition coefficient (Wildman–Crippen LogP) is 2.14. The van der Waals surface area contributed by atoms with Gasteiger partial charge in [0.1, 0.15) is 5.82 Å². The zero-order valence-corrected chi connectivity index (χ0v) is 18.2. The Kier molecular flexibility index (Phi) is 5.29. The Morgan fingerprint density at radius 3 is 2.19 bits per heavy atom. The Balaban J connectivity index is 1.58. The van der Waals surface area contributed by atoms with Gasteiger partial charge in [0.25, 0.3) is 5.91 Å². The van der Waals surface area contributed by atoms with Crippen molar-refractivity contribution in [2.45, 2.75) is 25.9 Å². The molecule has 1 saturated heterocycles. The highest BCUT2D eigenvalue weighted by molar-refractivity contribution is 6.05. The largest absolute Gasteiger partial charge is 0.465 e. The molecule has 0 aliphatic carbocycles. The van der Waals surface area contributed by atoms with E-state index in [1.807, 2.05) is 12.1 Å². The number of hydrogen-bond acceptors (Lipinski definition) is 6. The van der Waals surface area contributed by atoms with Gasteiger partial charge in [-0.05, 0) is 45.2 Å². The van der Waals surface area contributed by atoms with Crippen LogP contribution in [0.2, 0.25) is 0 Å². The number of hydrogen-bond donors (Lipinski definition) is 3. The van der Waals surface area contributed by atoms with Crippen molar-refractivity contribution in [3.05, 3.63) is 41.1 Å². The first-order chi connectivity index (χ1) is 15.1. The molecule has 0 spiro atoms. The lowest BCUT2D eigenvalue weighted by molar-refractivity contribution is 0.0974. The molecule has 32 heavy (non-hydrogen) atoms. The molecule has 2 amide bonds. The molecule has 0 bridgehead atoms. The predicted molar refractivity (Wildman–Crippen MR) is 116 cm³/mol. The molecule has 0 saturated carbocycles. The molecular formula is C21H26N6O5. The van der Waals surface area contributed by atoms with E-state index in [1.54, 1.807) is 26.0 Å². The van der Waals surface area contributed by atoms with Gasteiger partial charge < -0.3 is 25.3 Å². The summed E-state index contributed by atoms with van der Waals surface area (Å²) >= 11 is 0. The van der Waals surface area contributed by atoms with E-state index in [9.17, 15) is 24.6 Å². The van der Waals surface area contributed by atoms with E-state index in [1.165, 1.54) is 0 Å². The molecule has 170 valence electrons. The Morgan fingerprint density at radius 1 is 1.00 bits per heavy atom. The van der Waals surface area contributed by atoms with E-state index in [0.29, 0.717) is 21.5 Å². The maximum Gasteiger partial charge on any atom is 0.434 e. The van der Waals surface area contributed by atoms with E-state index >= 15 is 0 Å². The molecule has 3 heterocycles. The van der Waals surface area contributed by atoms with Crippen LogP contribution in [0.3, 0.4) is 0 Å². The standard InChI is InChI=1S/C21H26N6O5/c1-21(2)16-15(12-26(21)19(29)30)17(27(23-16)20(31)32)22-18(28)13-4-6-14(7-5-13)25-10-8-24(3)9-11-25/h4-7H,8-12H2,1-3H3,(H,22,28)(H,29,30)(H,31,32). The number of benzene rings is 1. The van der Waals surface area contributed by atoms with Crippen LogP contribution in [0.4, 0.5) is 21.1 Å². The fourth-order valence-electron chi connectivity index (χ4n) is 4.22. The van der Waals surface area contributed by atoms with E-state index in [4.69, 9.17) is 0 Å². The summed E-state index contributed by atoms with van der Waals surface area (Å²) in [5.41, 5.74) is 1.04. The minimum absolute atomic E-state index is 0.0301. The van der Waals surface area contributed by atoms with Crippen molar-refractivity contribution < 1.29 is 24.6 Å². The first kappa shape index (κ1) is 21.6. The number of piperazine rings is 1. The number of carboxylic acid groups (broad SMARTS) is 2. The normalized spacial score (nSPS) is 17.8. The molecule has 2 aliphatic rings. The van der Waals surface area contributed by atoms with Crippen LogP contribution in [0, 0.1) is 0 Å². The van der Waals surface area contributed by atoms with E-state index in [0.717, 1.165) is 36.8 Å². The minimum atomic E-state index is -1.36. The molecule has 11 nitrogen and oxygen atoms in total. The molecule has 4 rings (SSSR count). The van der Waals surface area contributed by atoms with Crippen LogP contribution in [0.15, 0.2) is 24.3 Å². The lowest BCUT2D eigenvalue weighted by Crippen LogP contribution is -2.44. The molecule has 2 aliphatic heterocycles. The number of carbonyl (C=O) groups excluding carboxylic acids is 1. The quantitative estimate of drug-likeness (QED) is 0.659. The van der Waals surface area contributed by atoms with Gasteiger partial charge in [0, 0.05) is 43.0 Å². The monoisotopic (exact) mass is 442 g/mol. The summed E-state index contributed by atoms with van der Waals surface area (Å²) in [7, 11) is 2.08. The van der Waals surface area contributed by atoms with Crippen molar-refractivity contribution in [3.63, 3.8) is 0 Å². The number of anilines is 2. The highest BCUT2D eigenvalue weighted by Crippen LogP contribution is 2.41. The summed E-state index contributed by atoms with van der Waals surface area (Å²) in [6, 6.07) is 7.12. The smallest absolute Gasteiger partial charge is 0.434 e. The van der Waals surface area contributed by atoms with Crippen molar-refractivity contribution in [1.82, 2.24) is 19.6 Å². The van der Waals surface area contributed by atoms with E-state index in [-0.39, 0.29) is 12.4 Å². The minimum Gasteiger partial charge on any atom is -0.465 e. The molecule has 0 unspecified atom stereocenters. The first-order valence-electron chi connectivity index (χ1n) is 10.3. The second-order valence-electron chi connectivity index (χ2n) is 8.59. The zero-order chi connectivity index (χ0) is 23.2. The van der Waals surface area contributed by atoms with Crippen LogP contribution in [0.1, 0.15) is 35.5 Å². The van der Waals surface area contributed by atoms with Crippen LogP contribution in [0.5, 0.6) is 0 Å². The zero-order valence-electron chi connectivity index (χ0n) is 18.2. The van der Waals surface area contributed by atoms with Crippen LogP contribution in [-0.2, 0) is 12.1 Å². The molecule has 2 aromatic rings. The van der Waals surface area contributed by atoms with Crippen LogP contribution in [-0.4, -0.2) is 81.1 Å². The summed E-state index contributed by atoms with van der Waals surface area (Å²) in [6.07, 6.45) is -2.51. The Labute approximate surface area is 184 Å². The Bertz CT molecular complexity index is 1070. The number of fused-ring (bicyclic) bond motifs is 1. The summed E-state index contributed by atoms with van der Waals surface area (Å²) < 4.78 is 0.697. The number of carbonyl (C=O) groups is 3. The van der Waals surface area contributed by atoms with Crippen LogP contribution < -0.4 is 10.2 Å². The fraction of sp³-hybridized carbons (Fsp3) is 0.429. The number of likely N-dealkylation sites (N-methyl/N-ethyl adjacent to an activating group) is 1. The van der Waals surface area contributed by atoms with Crippen molar-refractivity contribution >= 4 is 29.6 Å². The number of nitrogens with zero attached hydrogens (tertiary/aromatic N) is 5. The van der Waals surface area contributed by atoms with Crippen molar-refractivity contribution in [2.24, 2.45) is 0 Å². The lowest BCUT2D eigenvalue weighted by Gasteiger charge is -2.34. The second-order valence-corrected chi connectivity index (χ2v) is 8.59. The van der Waals surface area contributed by atoms with Crippen molar-refractivity contribution in [1.29, 1.82) is 0 Å². The molecule has 1 aromatic heterocycles. The lowest BCUT2D eigenvalue weighted by atomic mass is 10.0. The third-order valence-corrected chi connectivity index (χ3v) is 6.20. The molecule has 0 radical (unpaired) electrons. The summed E-state index contributed by atoms with van der Waals surface area (Å²) in [5, 5.41) is 25.8.